The van der Waals surface area contributed by atoms with Gasteiger partial charge in [-0.25, -0.2) is 9.48 Å². The van der Waals surface area contributed by atoms with Gasteiger partial charge >= 0.3 is 11.9 Å². The van der Waals surface area contributed by atoms with Gasteiger partial charge in [0.05, 0.1) is 11.6 Å². The summed E-state index contributed by atoms with van der Waals surface area (Å²) in [5.41, 5.74) is -0.540. The summed E-state index contributed by atoms with van der Waals surface area (Å²) in [7, 11) is 0. The predicted molar refractivity (Wildman–Crippen MR) is 87.5 cm³/mol. The van der Waals surface area contributed by atoms with Gasteiger partial charge in [-0.15, -0.1) is 5.10 Å². The zero-order valence-corrected chi connectivity index (χ0v) is 13.7. The number of fused-ring (bicyclic) bond motifs is 1. The maximum atomic E-state index is 12.8. The van der Waals surface area contributed by atoms with Gasteiger partial charge in [0.15, 0.2) is 5.65 Å². The van der Waals surface area contributed by atoms with E-state index in [1.165, 1.54) is 22.7 Å². The molecular weight excluding hydrogens is 349 g/mol. The number of alkyl halides is 3. The van der Waals surface area contributed by atoms with Crippen LogP contribution in [0.5, 0.6) is 0 Å². The molecule has 0 aliphatic rings. The van der Waals surface area contributed by atoms with E-state index in [9.17, 15) is 22.8 Å². The first-order valence-corrected chi connectivity index (χ1v) is 7.76. The van der Waals surface area contributed by atoms with Crippen LogP contribution in [0.1, 0.15) is 24.1 Å². The first-order chi connectivity index (χ1) is 12.3. The standard InChI is InChI=1S/C17H15F3N4O2/c1-11(12-5-4-6-13(9-12)17(18,19)20)21-15(25)10-24-16(26)23-8-3-2-7-14(23)22-24/h2-9,11H,10H2,1H3,(H,21,25). The van der Waals surface area contributed by atoms with Crippen molar-refractivity contribution < 1.29 is 18.0 Å². The van der Waals surface area contributed by atoms with E-state index in [0.717, 1.165) is 16.8 Å². The van der Waals surface area contributed by atoms with Crippen LogP contribution in [-0.2, 0) is 17.5 Å². The average molecular weight is 364 g/mol. The third-order valence-corrected chi connectivity index (χ3v) is 3.87. The Kier molecular flexibility index (Phi) is 4.54. The number of pyridine rings is 1. The normalized spacial score (nSPS) is 12.9. The smallest absolute Gasteiger partial charge is 0.348 e. The largest absolute Gasteiger partial charge is 0.416 e. The van der Waals surface area contributed by atoms with Gasteiger partial charge in [-0.1, -0.05) is 18.2 Å². The number of halogens is 3. The number of nitrogens with one attached hydrogen (secondary N) is 1. The number of rotatable bonds is 4. The summed E-state index contributed by atoms with van der Waals surface area (Å²) in [6, 6.07) is 9.08. The Hall–Kier alpha value is -3.10. The van der Waals surface area contributed by atoms with E-state index in [-0.39, 0.29) is 6.54 Å². The summed E-state index contributed by atoms with van der Waals surface area (Å²) in [4.78, 5) is 24.3. The average Bonchev–Trinajstić information content (AvgIpc) is 2.90. The Bertz CT molecular complexity index is 1010. The number of amides is 1. The number of carbonyl (C=O) groups excluding carboxylic acids is 1. The quantitative estimate of drug-likeness (QED) is 0.773. The van der Waals surface area contributed by atoms with Crippen molar-refractivity contribution in [3.05, 3.63) is 70.3 Å². The van der Waals surface area contributed by atoms with E-state index in [1.807, 2.05) is 0 Å². The van der Waals surface area contributed by atoms with Crippen LogP contribution >= 0.6 is 0 Å². The molecule has 1 aromatic carbocycles. The molecule has 2 aromatic heterocycles. The molecule has 1 atom stereocenters. The molecule has 2 heterocycles. The van der Waals surface area contributed by atoms with Gasteiger partial charge in [-0.2, -0.15) is 13.2 Å². The molecule has 0 saturated carbocycles. The van der Waals surface area contributed by atoms with E-state index in [2.05, 4.69) is 10.4 Å². The van der Waals surface area contributed by atoms with Crippen LogP contribution in [0.3, 0.4) is 0 Å². The lowest BCUT2D eigenvalue weighted by atomic mass is 10.0. The molecule has 1 N–H and O–H groups in total. The van der Waals surface area contributed by atoms with Gasteiger partial charge in [0.25, 0.3) is 0 Å². The number of hydrogen-bond donors (Lipinski definition) is 1. The van der Waals surface area contributed by atoms with E-state index in [1.54, 1.807) is 25.1 Å². The fourth-order valence-electron chi connectivity index (χ4n) is 2.56. The second kappa shape index (κ2) is 6.66. The summed E-state index contributed by atoms with van der Waals surface area (Å²) in [5, 5.41) is 6.62. The summed E-state index contributed by atoms with van der Waals surface area (Å²) < 4.78 is 40.7. The van der Waals surface area contributed by atoms with Crippen molar-refractivity contribution in [2.75, 3.05) is 0 Å². The third kappa shape index (κ3) is 3.61. The van der Waals surface area contributed by atoms with Crippen LogP contribution in [0.4, 0.5) is 13.2 Å². The third-order valence-electron chi connectivity index (χ3n) is 3.87. The lowest BCUT2D eigenvalue weighted by Crippen LogP contribution is -2.34. The Morgan fingerprint density at radius 1 is 1.23 bits per heavy atom. The van der Waals surface area contributed by atoms with Crippen LogP contribution in [0.25, 0.3) is 5.65 Å². The number of hydrogen-bond acceptors (Lipinski definition) is 3. The Balaban J connectivity index is 1.73. The highest BCUT2D eigenvalue weighted by molar-refractivity contribution is 5.76. The molecule has 0 saturated heterocycles. The van der Waals surface area contributed by atoms with E-state index >= 15 is 0 Å². The first-order valence-electron chi connectivity index (χ1n) is 7.76. The summed E-state index contributed by atoms with van der Waals surface area (Å²) in [5.74, 6) is -0.527. The maximum absolute atomic E-state index is 12.8. The highest BCUT2D eigenvalue weighted by Gasteiger charge is 2.30. The van der Waals surface area contributed by atoms with Crippen molar-refractivity contribution in [3.8, 4) is 0 Å². The zero-order valence-electron chi connectivity index (χ0n) is 13.7. The molecule has 0 radical (unpaired) electrons. The van der Waals surface area contributed by atoms with Crippen LogP contribution in [0.15, 0.2) is 53.5 Å². The first kappa shape index (κ1) is 17.7. The number of carbonyl (C=O) groups is 1. The van der Waals surface area contributed by atoms with Crippen molar-refractivity contribution in [1.29, 1.82) is 0 Å². The minimum Gasteiger partial charge on any atom is -0.348 e. The van der Waals surface area contributed by atoms with Crippen molar-refractivity contribution in [2.45, 2.75) is 25.7 Å². The summed E-state index contributed by atoms with van der Waals surface area (Å²) >= 11 is 0. The topological polar surface area (TPSA) is 68.4 Å². The second-order valence-corrected chi connectivity index (χ2v) is 5.78. The van der Waals surface area contributed by atoms with Crippen LogP contribution in [0, 0.1) is 0 Å². The zero-order chi connectivity index (χ0) is 18.9. The Morgan fingerprint density at radius 3 is 2.69 bits per heavy atom. The number of aromatic nitrogens is 3. The SMILES string of the molecule is CC(NC(=O)Cn1nc2ccccn2c1=O)c1cccc(C(F)(F)F)c1. The Labute approximate surface area is 145 Å². The molecule has 3 rings (SSSR count). The van der Waals surface area contributed by atoms with Crippen LogP contribution in [-0.4, -0.2) is 20.1 Å². The van der Waals surface area contributed by atoms with Gasteiger partial charge < -0.3 is 5.32 Å². The molecule has 0 spiro atoms. The van der Waals surface area contributed by atoms with Gasteiger partial charge in [0.2, 0.25) is 5.91 Å². The molecule has 136 valence electrons. The minimum absolute atomic E-state index is 0.315. The van der Waals surface area contributed by atoms with Gasteiger partial charge in [-0.05, 0) is 36.8 Å². The van der Waals surface area contributed by atoms with Crippen LogP contribution in [0.2, 0.25) is 0 Å². The number of nitrogens with zero attached hydrogens (tertiary/aromatic N) is 3. The molecule has 1 amide bonds. The van der Waals surface area contributed by atoms with Crippen molar-refractivity contribution in [3.63, 3.8) is 0 Å². The van der Waals surface area contributed by atoms with E-state index in [4.69, 9.17) is 0 Å². The van der Waals surface area contributed by atoms with Gasteiger partial charge in [-0.3, -0.25) is 9.20 Å². The van der Waals surface area contributed by atoms with Crippen molar-refractivity contribution >= 4 is 11.6 Å². The Morgan fingerprint density at radius 2 is 2.00 bits per heavy atom. The molecule has 0 bridgehead atoms. The van der Waals surface area contributed by atoms with E-state index < -0.39 is 29.4 Å². The molecule has 6 nitrogen and oxygen atoms in total. The summed E-state index contributed by atoms with van der Waals surface area (Å²) in [6.07, 6.45) is -2.92. The fourth-order valence-corrected chi connectivity index (χ4v) is 2.56. The monoisotopic (exact) mass is 364 g/mol. The highest BCUT2D eigenvalue weighted by Crippen LogP contribution is 2.30. The second-order valence-electron chi connectivity index (χ2n) is 5.78. The van der Waals surface area contributed by atoms with Gasteiger partial charge in [0, 0.05) is 6.20 Å². The van der Waals surface area contributed by atoms with Crippen molar-refractivity contribution in [2.24, 2.45) is 0 Å². The predicted octanol–water partition coefficient (Wildman–Crippen LogP) is 2.39. The highest BCUT2D eigenvalue weighted by atomic mass is 19.4. The van der Waals surface area contributed by atoms with Crippen molar-refractivity contribution in [1.82, 2.24) is 19.5 Å². The molecule has 9 heteroatoms. The number of benzene rings is 1. The van der Waals surface area contributed by atoms with Crippen LogP contribution < -0.4 is 11.0 Å². The maximum Gasteiger partial charge on any atom is 0.416 e. The van der Waals surface area contributed by atoms with E-state index in [0.29, 0.717) is 11.2 Å². The van der Waals surface area contributed by atoms with Gasteiger partial charge in [0.1, 0.15) is 6.54 Å². The lowest BCUT2D eigenvalue weighted by Gasteiger charge is -2.16. The lowest BCUT2D eigenvalue weighted by molar-refractivity contribution is -0.137. The molecule has 26 heavy (non-hydrogen) atoms. The molecule has 0 fully saturated rings. The molecule has 0 aliphatic heterocycles. The molecule has 3 aromatic rings. The fraction of sp³-hybridized carbons (Fsp3) is 0.235. The molecule has 0 aliphatic carbocycles. The molecular formula is C17H15F3N4O2. The minimum atomic E-state index is -4.45. The summed E-state index contributed by atoms with van der Waals surface area (Å²) in [6.45, 7) is 1.24. The molecule has 1 unspecified atom stereocenters.